The summed E-state index contributed by atoms with van der Waals surface area (Å²) < 4.78 is 23.7. The van der Waals surface area contributed by atoms with E-state index in [-0.39, 0.29) is 15.2 Å². The van der Waals surface area contributed by atoms with Gasteiger partial charge in [0.2, 0.25) is 0 Å². The highest BCUT2D eigenvalue weighted by atomic mass is 32.2. The molecular formula is C64H56N10O8S4. The molecule has 0 radical (unpaired) electrons. The first kappa shape index (κ1) is 58.9. The van der Waals surface area contributed by atoms with Crippen molar-refractivity contribution in [3.63, 3.8) is 0 Å². The van der Waals surface area contributed by atoms with Crippen molar-refractivity contribution in [1.82, 2.24) is 24.5 Å². The number of fused-ring (bicyclic) bond motifs is 9. The topological polar surface area (TPSA) is 256 Å². The molecule has 86 heavy (non-hydrogen) atoms. The van der Waals surface area contributed by atoms with Crippen LogP contribution in [0.25, 0.3) is 54.2 Å². The second kappa shape index (κ2) is 29.8. The van der Waals surface area contributed by atoms with E-state index in [1.807, 2.05) is 139 Å². The van der Waals surface area contributed by atoms with Crippen molar-refractivity contribution in [2.24, 2.45) is 0 Å². The van der Waals surface area contributed by atoms with Gasteiger partial charge in [0.05, 0.1) is 72.7 Å². The lowest BCUT2D eigenvalue weighted by atomic mass is 10.2. The third-order valence-electron chi connectivity index (χ3n) is 12.7. The zero-order valence-corrected chi connectivity index (χ0v) is 49.0. The fraction of sp³-hybridized carbons (Fsp3) is 0.0781. The highest BCUT2D eigenvalue weighted by molar-refractivity contribution is 7.99. The lowest BCUT2D eigenvalue weighted by molar-refractivity contribution is 0.372. The Morgan fingerprint density at radius 3 is 1.72 bits per heavy atom. The van der Waals surface area contributed by atoms with Crippen molar-refractivity contribution in [2.75, 3.05) is 52.4 Å². The molecular weight excluding hydrogens is 1170 g/mol. The molecule has 18 nitrogen and oxygen atoms in total. The first-order valence-corrected chi connectivity index (χ1v) is 29.9. The van der Waals surface area contributed by atoms with E-state index in [2.05, 4.69) is 116 Å². The molecule has 0 saturated heterocycles. The zero-order chi connectivity index (χ0) is 59.3. The Balaban J connectivity index is 0.000000107. The lowest BCUT2D eigenvalue weighted by Gasteiger charge is -1.94. The van der Waals surface area contributed by atoms with Gasteiger partial charge in [-0.2, -0.15) is 0 Å². The number of para-hydroxylation sites is 13. The van der Waals surface area contributed by atoms with Crippen LogP contribution in [0.3, 0.4) is 0 Å². The van der Waals surface area contributed by atoms with Crippen molar-refractivity contribution in [2.45, 2.75) is 11.3 Å². The van der Waals surface area contributed by atoms with E-state index >= 15 is 0 Å². The van der Waals surface area contributed by atoms with Gasteiger partial charge in [-0.3, -0.25) is 14.6 Å². The molecule has 5 aromatic heterocycles. The number of aromatic amines is 5. The number of benzene rings is 9. The fourth-order valence-corrected chi connectivity index (χ4v) is 11.1. The number of ether oxygens (including phenoxy) is 1. The molecule has 434 valence electrons. The van der Waals surface area contributed by atoms with Gasteiger partial charge in [0.15, 0.2) is 17.9 Å². The van der Waals surface area contributed by atoms with Crippen molar-refractivity contribution in [3.8, 4) is 5.75 Å². The van der Waals surface area contributed by atoms with Gasteiger partial charge in [0.25, 0.3) is 9.58 Å². The second-order valence-electron chi connectivity index (χ2n) is 18.4. The molecule has 18 rings (SSSR count). The number of anilines is 5. The molecule has 0 amide bonds. The minimum Gasteiger partial charge on any atom is -0.471 e. The van der Waals surface area contributed by atoms with Crippen LogP contribution in [0.5, 0.6) is 5.75 Å². The monoisotopic (exact) mass is 1220 g/mol. The summed E-state index contributed by atoms with van der Waals surface area (Å²) in [7, 11) is 0. The zero-order valence-electron chi connectivity index (χ0n) is 45.7. The van der Waals surface area contributed by atoms with Gasteiger partial charge in [0, 0.05) is 22.8 Å². The van der Waals surface area contributed by atoms with Gasteiger partial charge in [-0.25, -0.2) is 14.7 Å². The van der Waals surface area contributed by atoms with Crippen LogP contribution in [0.15, 0.2) is 256 Å². The van der Waals surface area contributed by atoms with Gasteiger partial charge in [0.1, 0.15) is 5.75 Å². The molecule has 14 aromatic rings. The third-order valence-corrected chi connectivity index (χ3v) is 15.5. The maximum atomic E-state index is 11.0. The van der Waals surface area contributed by atoms with Crippen LogP contribution in [0.2, 0.25) is 0 Å². The van der Waals surface area contributed by atoms with Crippen LogP contribution in [0, 0.1) is 4.84 Å². The van der Waals surface area contributed by atoms with Gasteiger partial charge >= 0.3 is 16.3 Å². The van der Waals surface area contributed by atoms with E-state index in [9.17, 15) is 19.2 Å². The van der Waals surface area contributed by atoms with Crippen molar-refractivity contribution in [1.29, 1.82) is 0 Å². The van der Waals surface area contributed by atoms with E-state index in [0.717, 1.165) is 85.3 Å². The summed E-state index contributed by atoms with van der Waals surface area (Å²) in [4.78, 5) is 53.0. The number of rotatable bonds is 0. The molecule has 0 spiro atoms. The summed E-state index contributed by atoms with van der Waals surface area (Å²) in [6.07, 6.45) is 1.19. The number of nitrogens with one attached hydrogen (secondary N) is 10. The van der Waals surface area contributed by atoms with E-state index in [1.165, 1.54) is 51.0 Å². The number of oxazole rings is 2. The summed E-state index contributed by atoms with van der Waals surface area (Å²) in [5, 5.41) is 19.9. The Kier molecular flexibility index (Phi) is 20.4. The predicted octanol–water partition coefficient (Wildman–Crippen LogP) is 14.7. The number of thiazole rings is 1. The summed E-state index contributed by atoms with van der Waals surface area (Å²) >= 11 is 9.03. The molecule has 0 aliphatic carbocycles. The quantitative estimate of drug-likeness (QED) is 0.0634. The molecule has 0 bridgehead atoms. The largest absolute Gasteiger partial charge is 0.471 e. The van der Waals surface area contributed by atoms with Gasteiger partial charge < -0.3 is 59.0 Å². The molecule has 0 saturated carbocycles. The van der Waals surface area contributed by atoms with Crippen LogP contribution in [-0.2, 0) is 6.42 Å². The molecule has 4 aliphatic heterocycles. The molecule has 22 heteroatoms. The number of hydrogen-bond donors (Lipinski definition) is 10. The minimum atomic E-state index is -0.402. The molecule has 0 atom stereocenters. The Bertz CT molecular complexity index is 4080. The van der Waals surface area contributed by atoms with Crippen LogP contribution in [0.1, 0.15) is 5.56 Å². The average Bonchev–Trinajstić information content (AvgIpc) is 4.50. The number of hydrogen-bond acceptors (Lipinski definition) is 17. The van der Waals surface area contributed by atoms with Crippen LogP contribution >= 0.6 is 46.8 Å². The van der Waals surface area contributed by atoms with E-state index < -0.39 is 5.76 Å². The molecule has 4 aliphatic rings. The van der Waals surface area contributed by atoms with Crippen molar-refractivity contribution < 1.29 is 18.1 Å². The Labute approximate surface area is 507 Å². The normalized spacial score (nSPS) is 12.0. The van der Waals surface area contributed by atoms with Gasteiger partial charge in [-0.05, 0) is 139 Å². The summed E-state index contributed by atoms with van der Waals surface area (Å²) in [6.45, 7) is 2.58. The number of thioether (sulfide) groups is 1. The Hall–Kier alpha value is -10.3. The highest BCUT2D eigenvalue weighted by Gasteiger charge is 2.09. The molecule has 10 N–H and O–H groups in total. The van der Waals surface area contributed by atoms with E-state index in [4.69, 9.17) is 25.8 Å². The van der Waals surface area contributed by atoms with Gasteiger partial charge in [-0.15, -0.1) is 11.8 Å². The smallest absolute Gasteiger partial charge is 0.417 e. The lowest BCUT2D eigenvalue weighted by Crippen LogP contribution is -1.98. The maximum Gasteiger partial charge on any atom is 0.417 e. The summed E-state index contributed by atoms with van der Waals surface area (Å²) in [6, 6.07) is 70.1. The average molecular weight is 1220 g/mol. The van der Waals surface area contributed by atoms with Crippen molar-refractivity contribution >= 4 is 130 Å². The van der Waals surface area contributed by atoms with Crippen LogP contribution in [0.4, 0.5) is 28.4 Å². The maximum absolute atomic E-state index is 11.0. The SMILES string of the molecule is O=c1[nH]c2ccccc2o1.O=c1[nH]c2ccccc2s1.O=c1o[nH]c2ccccc12.O=c1s[nH]c2ccccc12.S=c1[nH]c2ccccc2o1.c1ccc2c(c1)CCN2.c1ccc2c(c1)NCN2.c1ccc2c(c1)NCO2.c1ccc2c(c1)NCS2. The van der Waals surface area contributed by atoms with E-state index in [0.29, 0.717) is 22.5 Å². The molecule has 9 aromatic carbocycles. The standard InChI is InChI=1S/C8H9N.C7H8N2.2C7H5NO2.3C7H5NOS.C7H7NO.C7H7NS/c1-2-4-8-7(3-1)5-6-9-8;1-2-4-7-6(3-1)8-5-9-7;9-7-8-5-3-1-2-4-6(5)10-7;9-7-5-3-1-2-4-6(5)8-10-7;9-7-8-5-3-1-2-4-6(5)10-7;10-7-8-5-3-1-2-4-6(5)9-7;9-7-5-3-1-2-4-6(5)8-10-7;2*1-2-4-7-6(3-1)8-5-9-7/h1-4,9H,5-6H2;1-4,8-9H,5H2;1-4H,(H,8,9);1-4,8H;1-4H,(H,8,9);1-4H,(H,8,10);1-4,8H;2*1-4,8H,5H2. The summed E-state index contributed by atoms with van der Waals surface area (Å²) in [5.41, 5.74) is 13.0. The summed E-state index contributed by atoms with van der Waals surface area (Å²) in [5.74, 6) is 1.58. The second-order valence-corrected chi connectivity index (χ2v) is 21.6. The first-order valence-electron chi connectivity index (χ1n) is 26.9. The minimum absolute atomic E-state index is 0.0150. The number of H-pyrrole nitrogens is 5. The molecule has 9 heterocycles. The number of aromatic nitrogens is 5. The molecule has 0 unspecified atom stereocenters. The van der Waals surface area contributed by atoms with Crippen LogP contribution in [-0.4, -0.2) is 50.3 Å². The van der Waals surface area contributed by atoms with Crippen molar-refractivity contribution in [3.05, 3.63) is 269 Å². The van der Waals surface area contributed by atoms with E-state index in [1.54, 1.807) is 30.3 Å². The van der Waals surface area contributed by atoms with Crippen LogP contribution < -0.4 is 52.3 Å². The Morgan fingerprint density at radius 2 is 1.05 bits per heavy atom. The fourth-order valence-electron chi connectivity index (χ4n) is 8.62. The van der Waals surface area contributed by atoms with Gasteiger partial charge in [-0.1, -0.05) is 127 Å². The first-order chi connectivity index (χ1) is 42.2. The highest BCUT2D eigenvalue weighted by Crippen LogP contribution is 2.32. The third kappa shape index (κ3) is 16.3. The predicted molar refractivity (Wildman–Crippen MR) is 353 cm³/mol. The molecule has 0 fully saturated rings. The Morgan fingerprint density at radius 1 is 0.465 bits per heavy atom.